The maximum Gasteiger partial charge on any atom is 0.270 e. The van der Waals surface area contributed by atoms with E-state index >= 15 is 0 Å². The fraction of sp³-hybridized carbons (Fsp3) is 0.455. The van der Waals surface area contributed by atoms with Crippen molar-refractivity contribution in [2.24, 2.45) is 5.73 Å². The average molecular weight is 259 g/mol. The zero-order valence-corrected chi connectivity index (χ0v) is 9.73. The molecule has 1 aromatic carbocycles. The Morgan fingerprint density at radius 2 is 2.11 bits per heavy atom. The van der Waals surface area contributed by atoms with E-state index in [1.54, 1.807) is 0 Å². The van der Waals surface area contributed by atoms with Crippen LogP contribution in [0.5, 0.6) is 0 Å². The van der Waals surface area contributed by atoms with Crippen LogP contribution in [0.3, 0.4) is 0 Å². The second-order valence-electron chi connectivity index (χ2n) is 3.75. The van der Waals surface area contributed by atoms with E-state index < -0.39 is 11.3 Å². The van der Waals surface area contributed by atoms with E-state index in [9.17, 15) is 18.9 Å². The van der Waals surface area contributed by atoms with E-state index in [1.807, 2.05) is 0 Å². The zero-order chi connectivity index (χ0) is 13.5. The minimum absolute atomic E-state index is 0.229. The van der Waals surface area contributed by atoms with Crippen molar-refractivity contribution >= 4 is 11.4 Å². The first-order valence-corrected chi connectivity index (χ1v) is 5.56. The van der Waals surface area contributed by atoms with Crippen molar-refractivity contribution in [2.75, 3.05) is 18.4 Å². The Morgan fingerprint density at radius 3 is 2.67 bits per heavy atom. The van der Waals surface area contributed by atoms with Gasteiger partial charge in [0.2, 0.25) is 0 Å². The van der Waals surface area contributed by atoms with Crippen LogP contribution in [-0.2, 0) is 0 Å². The van der Waals surface area contributed by atoms with Gasteiger partial charge in [-0.15, -0.1) is 0 Å². The van der Waals surface area contributed by atoms with Crippen molar-refractivity contribution in [1.29, 1.82) is 0 Å². The van der Waals surface area contributed by atoms with Crippen LogP contribution in [0.2, 0.25) is 0 Å². The van der Waals surface area contributed by atoms with Gasteiger partial charge in [0.05, 0.1) is 4.92 Å². The number of nitrogens with two attached hydrogens (primary N) is 1. The molecule has 1 rings (SSSR count). The normalized spacial score (nSPS) is 10.7. The van der Waals surface area contributed by atoms with E-state index in [0.29, 0.717) is 13.1 Å². The molecule has 5 nitrogen and oxygen atoms in total. The Kier molecular flexibility index (Phi) is 5.44. The molecular formula is C11H15F2N3O2. The molecule has 18 heavy (non-hydrogen) atoms. The number of halogens is 2. The number of rotatable bonds is 7. The minimum atomic E-state index is -2.75. The number of anilines is 1. The highest BCUT2D eigenvalue weighted by Gasteiger charge is 2.17. The molecule has 0 aromatic heterocycles. The van der Waals surface area contributed by atoms with Gasteiger partial charge in [-0.25, -0.2) is 8.78 Å². The Morgan fingerprint density at radius 1 is 1.39 bits per heavy atom. The molecule has 0 atom stereocenters. The first-order chi connectivity index (χ1) is 8.56. The summed E-state index contributed by atoms with van der Waals surface area (Å²) in [4.78, 5) is 9.82. The van der Waals surface area contributed by atoms with Gasteiger partial charge in [-0.3, -0.25) is 10.1 Å². The first-order valence-electron chi connectivity index (χ1n) is 5.56. The van der Waals surface area contributed by atoms with Crippen molar-refractivity contribution < 1.29 is 13.7 Å². The SMILES string of the molecule is NCCCCNc1ccc([N+](=O)[O-])cc1C(F)F. The Bertz CT molecular complexity index is 413. The standard InChI is InChI=1S/C11H15F2N3O2/c12-11(13)9-7-8(16(17)18)3-4-10(9)15-6-2-1-5-14/h3-4,7,11,15H,1-2,5-6,14H2. The van der Waals surface area contributed by atoms with Crippen molar-refractivity contribution in [1.82, 2.24) is 0 Å². The summed E-state index contributed by atoms with van der Waals surface area (Å²) in [6, 6.07) is 3.41. The highest BCUT2D eigenvalue weighted by molar-refractivity contribution is 5.56. The molecule has 7 heteroatoms. The Labute approximate surface area is 103 Å². The van der Waals surface area contributed by atoms with Crippen LogP contribution < -0.4 is 11.1 Å². The molecule has 0 saturated carbocycles. The van der Waals surface area contributed by atoms with Crippen molar-refractivity contribution in [2.45, 2.75) is 19.3 Å². The Hall–Kier alpha value is -1.76. The molecule has 0 fully saturated rings. The molecule has 0 amide bonds. The lowest BCUT2D eigenvalue weighted by Crippen LogP contribution is -2.07. The smallest absolute Gasteiger partial charge is 0.270 e. The van der Waals surface area contributed by atoms with Crippen LogP contribution in [-0.4, -0.2) is 18.0 Å². The largest absolute Gasteiger partial charge is 0.385 e. The molecule has 0 spiro atoms. The van der Waals surface area contributed by atoms with E-state index in [0.717, 1.165) is 18.9 Å². The second-order valence-corrected chi connectivity index (χ2v) is 3.75. The number of nitro benzene ring substituents is 1. The third-order valence-electron chi connectivity index (χ3n) is 2.43. The first kappa shape index (κ1) is 14.3. The molecule has 0 aliphatic heterocycles. The summed E-state index contributed by atoms with van der Waals surface area (Å²) < 4.78 is 25.5. The van der Waals surface area contributed by atoms with Gasteiger partial charge in [-0.2, -0.15) is 0 Å². The molecule has 0 radical (unpaired) electrons. The predicted octanol–water partition coefficient (Wildman–Crippen LogP) is 2.68. The molecule has 3 N–H and O–H groups in total. The number of hydrogen-bond donors (Lipinski definition) is 2. The zero-order valence-electron chi connectivity index (χ0n) is 9.73. The van der Waals surface area contributed by atoms with Gasteiger partial charge >= 0.3 is 0 Å². The number of benzene rings is 1. The number of alkyl halides is 2. The quantitative estimate of drug-likeness (QED) is 0.448. The molecule has 0 unspecified atom stereocenters. The van der Waals surface area contributed by atoms with Crippen LogP contribution in [0.1, 0.15) is 24.8 Å². The van der Waals surface area contributed by atoms with Crippen LogP contribution in [0, 0.1) is 10.1 Å². The number of nitrogens with one attached hydrogen (secondary N) is 1. The summed E-state index contributed by atoms with van der Waals surface area (Å²) in [5, 5.41) is 13.4. The molecular weight excluding hydrogens is 244 g/mol. The fourth-order valence-electron chi connectivity index (χ4n) is 1.50. The summed E-state index contributed by atoms with van der Waals surface area (Å²) in [7, 11) is 0. The molecule has 0 saturated heterocycles. The summed E-state index contributed by atoms with van der Waals surface area (Å²) in [5.41, 5.74) is 4.86. The lowest BCUT2D eigenvalue weighted by Gasteiger charge is -2.11. The van der Waals surface area contributed by atoms with Gasteiger partial charge in [0.15, 0.2) is 0 Å². The van der Waals surface area contributed by atoms with Crippen molar-refractivity contribution in [3.63, 3.8) is 0 Å². The van der Waals surface area contributed by atoms with Gasteiger partial charge in [0, 0.05) is 29.9 Å². The minimum Gasteiger partial charge on any atom is -0.385 e. The maximum atomic E-state index is 12.8. The average Bonchev–Trinajstić information content (AvgIpc) is 2.34. The second kappa shape index (κ2) is 6.85. The van der Waals surface area contributed by atoms with Gasteiger partial charge in [-0.05, 0) is 25.5 Å². The highest BCUT2D eigenvalue weighted by Crippen LogP contribution is 2.30. The van der Waals surface area contributed by atoms with E-state index in [1.165, 1.54) is 12.1 Å². The summed E-state index contributed by atoms with van der Waals surface area (Å²) in [6.07, 6.45) is -1.19. The number of hydrogen-bond acceptors (Lipinski definition) is 4. The molecule has 0 aliphatic carbocycles. The lowest BCUT2D eigenvalue weighted by molar-refractivity contribution is -0.385. The monoisotopic (exact) mass is 259 g/mol. The summed E-state index contributed by atoms with van der Waals surface area (Å²) >= 11 is 0. The topological polar surface area (TPSA) is 81.2 Å². The Balaban J connectivity index is 2.80. The van der Waals surface area contributed by atoms with E-state index in [-0.39, 0.29) is 16.9 Å². The summed E-state index contributed by atoms with van der Waals surface area (Å²) in [5.74, 6) is 0. The number of unbranched alkanes of at least 4 members (excludes halogenated alkanes) is 1. The third kappa shape index (κ3) is 3.92. The molecule has 1 aromatic rings. The van der Waals surface area contributed by atoms with E-state index in [4.69, 9.17) is 5.73 Å². The van der Waals surface area contributed by atoms with Gasteiger partial charge in [0.25, 0.3) is 12.1 Å². The molecule has 0 heterocycles. The van der Waals surface area contributed by atoms with Crippen LogP contribution in [0.4, 0.5) is 20.2 Å². The van der Waals surface area contributed by atoms with Gasteiger partial charge < -0.3 is 11.1 Å². The number of nitro groups is 1. The molecule has 100 valence electrons. The number of non-ortho nitro benzene ring substituents is 1. The van der Waals surface area contributed by atoms with Crippen molar-refractivity contribution in [3.05, 3.63) is 33.9 Å². The number of nitrogens with zero attached hydrogens (tertiary/aromatic N) is 1. The van der Waals surface area contributed by atoms with Gasteiger partial charge in [-0.1, -0.05) is 0 Å². The third-order valence-corrected chi connectivity index (χ3v) is 2.43. The lowest BCUT2D eigenvalue weighted by atomic mass is 10.1. The van der Waals surface area contributed by atoms with Crippen LogP contribution in [0.25, 0.3) is 0 Å². The van der Waals surface area contributed by atoms with Crippen molar-refractivity contribution in [3.8, 4) is 0 Å². The van der Waals surface area contributed by atoms with Gasteiger partial charge in [0.1, 0.15) is 0 Å². The summed E-state index contributed by atoms with van der Waals surface area (Å²) in [6.45, 7) is 1.05. The fourth-order valence-corrected chi connectivity index (χ4v) is 1.50. The molecule has 0 aliphatic rings. The predicted molar refractivity (Wildman–Crippen MR) is 64.8 cm³/mol. The maximum absolute atomic E-state index is 12.8. The van der Waals surface area contributed by atoms with E-state index in [2.05, 4.69) is 5.32 Å². The highest BCUT2D eigenvalue weighted by atomic mass is 19.3. The van der Waals surface area contributed by atoms with Crippen LogP contribution >= 0.6 is 0 Å². The molecule has 0 bridgehead atoms. The van der Waals surface area contributed by atoms with Crippen LogP contribution in [0.15, 0.2) is 18.2 Å².